The molecule has 4 nitrogen and oxygen atoms in total. The number of likely N-dealkylation sites (N-methyl/N-ethyl adjacent to an activating group) is 1. The lowest BCUT2D eigenvalue weighted by Crippen LogP contribution is -3.12. The summed E-state index contributed by atoms with van der Waals surface area (Å²) in [6, 6.07) is 7.70. The van der Waals surface area contributed by atoms with Crippen LogP contribution in [0.15, 0.2) is 24.3 Å². The highest BCUT2D eigenvalue weighted by molar-refractivity contribution is 7.17. The van der Waals surface area contributed by atoms with E-state index in [9.17, 15) is 9.59 Å². The topological polar surface area (TPSA) is 50.6 Å². The summed E-state index contributed by atoms with van der Waals surface area (Å²) < 4.78 is 0. The van der Waals surface area contributed by atoms with Crippen molar-refractivity contribution in [3.8, 4) is 0 Å². The first kappa shape index (κ1) is 19.8. The quantitative estimate of drug-likeness (QED) is 0.720. The van der Waals surface area contributed by atoms with Crippen LogP contribution in [0.5, 0.6) is 0 Å². The van der Waals surface area contributed by atoms with Crippen LogP contribution < -0.4 is 10.2 Å². The van der Waals surface area contributed by atoms with E-state index in [0.29, 0.717) is 12.1 Å². The Morgan fingerprint density at radius 2 is 1.74 bits per heavy atom. The van der Waals surface area contributed by atoms with Crippen LogP contribution >= 0.6 is 11.3 Å². The van der Waals surface area contributed by atoms with Gasteiger partial charge in [-0.05, 0) is 52.0 Å². The molecule has 0 saturated heterocycles. The molecule has 0 aliphatic heterocycles. The number of anilines is 1. The smallest absolute Gasteiger partial charge is 0.280 e. The third-order valence-corrected chi connectivity index (χ3v) is 6.58. The van der Waals surface area contributed by atoms with Gasteiger partial charge in [-0.1, -0.05) is 29.8 Å². The van der Waals surface area contributed by atoms with Gasteiger partial charge in [0.15, 0.2) is 12.3 Å². The van der Waals surface area contributed by atoms with Crippen molar-refractivity contribution in [2.75, 3.05) is 25.0 Å². The number of hydrogen-bond donors (Lipinski definition) is 2. The van der Waals surface area contributed by atoms with Crippen molar-refractivity contribution in [2.24, 2.45) is 0 Å². The number of carbonyl (C=O) groups is 2. The second-order valence-electron chi connectivity index (χ2n) is 7.29. The van der Waals surface area contributed by atoms with Gasteiger partial charge in [-0.2, -0.15) is 0 Å². The second-order valence-corrected chi connectivity index (χ2v) is 8.40. The molecule has 0 radical (unpaired) electrons. The standard InChI is InChI=1S/C22H28N2O2S/c1-4-24(5-2)14-19(25)23-22-20(17-8-6-7-9-18(17)27-22)21(26)16-12-10-15(3)11-13-16/h10-13H,4-9,14H2,1-3H3,(H,23,25)/p+1. The zero-order valence-electron chi connectivity index (χ0n) is 16.5. The summed E-state index contributed by atoms with van der Waals surface area (Å²) in [6.07, 6.45) is 4.19. The average molecular weight is 386 g/mol. The third-order valence-electron chi connectivity index (χ3n) is 5.38. The van der Waals surface area contributed by atoms with Gasteiger partial charge in [0.05, 0.1) is 18.7 Å². The van der Waals surface area contributed by atoms with Gasteiger partial charge in [-0.15, -0.1) is 11.3 Å². The minimum absolute atomic E-state index is 0.00902. The lowest BCUT2D eigenvalue weighted by atomic mass is 9.91. The van der Waals surface area contributed by atoms with Crippen LogP contribution in [0, 0.1) is 6.92 Å². The number of nitrogens with one attached hydrogen (secondary N) is 2. The molecular weight excluding hydrogens is 356 g/mol. The normalized spacial score (nSPS) is 13.5. The summed E-state index contributed by atoms with van der Waals surface area (Å²) in [5.41, 5.74) is 3.70. The Morgan fingerprint density at radius 1 is 1.07 bits per heavy atom. The number of carbonyl (C=O) groups excluding carboxylic acids is 2. The van der Waals surface area contributed by atoms with E-state index >= 15 is 0 Å². The zero-order valence-corrected chi connectivity index (χ0v) is 17.3. The zero-order chi connectivity index (χ0) is 19.4. The molecule has 144 valence electrons. The van der Waals surface area contributed by atoms with Crippen molar-refractivity contribution in [3.05, 3.63) is 51.4 Å². The number of fused-ring (bicyclic) bond motifs is 1. The first-order valence-electron chi connectivity index (χ1n) is 9.92. The van der Waals surface area contributed by atoms with Crippen molar-refractivity contribution in [2.45, 2.75) is 46.5 Å². The molecule has 2 N–H and O–H groups in total. The highest BCUT2D eigenvalue weighted by atomic mass is 32.1. The van der Waals surface area contributed by atoms with Crippen LogP contribution in [-0.2, 0) is 17.6 Å². The summed E-state index contributed by atoms with van der Waals surface area (Å²) in [4.78, 5) is 28.4. The molecule has 0 unspecified atom stereocenters. The minimum atomic E-state index is -0.00902. The number of thiophene rings is 1. The maximum absolute atomic E-state index is 13.3. The van der Waals surface area contributed by atoms with E-state index < -0.39 is 0 Å². The van der Waals surface area contributed by atoms with E-state index in [1.165, 1.54) is 9.78 Å². The van der Waals surface area contributed by atoms with Crippen molar-refractivity contribution >= 4 is 28.0 Å². The summed E-state index contributed by atoms with van der Waals surface area (Å²) in [5.74, 6) is 0.0186. The molecule has 2 aromatic rings. The minimum Gasteiger partial charge on any atom is -0.328 e. The van der Waals surface area contributed by atoms with Gasteiger partial charge in [-0.25, -0.2) is 0 Å². The lowest BCUT2D eigenvalue weighted by Gasteiger charge is -2.15. The number of rotatable bonds is 7. The molecule has 0 atom stereocenters. The van der Waals surface area contributed by atoms with E-state index in [1.807, 2.05) is 31.2 Å². The van der Waals surface area contributed by atoms with Gasteiger partial charge >= 0.3 is 0 Å². The Hall–Kier alpha value is -1.98. The molecule has 0 fully saturated rings. The summed E-state index contributed by atoms with van der Waals surface area (Å²) in [7, 11) is 0. The molecule has 0 bridgehead atoms. The SMILES string of the molecule is CC[NH+](CC)CC(=O)Nc1sc2c(c1C(=O)c1ccc(C)cc1)CCCC2. The van der Waals surface area contributed by atoms with Gasteiger partial charge in [0, 0.05) is 10.4 Å². The van der Waals surface area contributed by atoms with E-state index in [1.54, 1.807) is 11.3 Å². The fourth-order valence-corrected chi connectivity index (χ4v) is 4.94. The van der Waals surface area contributed by atoms with Crippen LogP contribution in [0.1, 0.15) is 58.6 Å². The third kappa shape index (κ3) is 4.47. The van der Waals surface area contributed by atoms with Crippen LogP contribution in [0.2, 0.25) is 0 Å². The molecule has 27 heavy (non-hydrogen) atoms. The molecule has 5 heteroatoms. The number of amides is 1. The molecule has 1 aliphatic carbocycles. The Bertz CT molecular complexity index is 820. The molecule has 0 saturated carbocycles. The summed E-state index contributed by atoms with van der Waals surface area (Å²) in [6.45, 7) is 8.46. The van der Waals surface area contributed by atoms with Gasteiger partial charge in [0.2, 0.25) is 0 Å². The molecule has 1 aromatic carbocycles. The highest BCUT2D eigenvalue weighted by Gasteiger charge is 2.27. The molecule has 1 aliphatic rings. The van der Waals surface area contributed by atoms with E-state index in [-0.39, 0.29) is 11.7 Å². The van der Waals surface area contributed by atoms with Gasteiger partial charge in [-0.3, -0.25) is 9.59 Å². The monoisotopic (exact) mass is 385 g/mol. The van der Waals surface area contributed by atoms with E-state index in [0.717, 1.165) is 60.5 Å². The van der Waals surface area contributed by atoms with Gasteiger partial charge in [0.1, 0.15) is 5.00 Å². The first-order valence-corrected chi connectivity index (χ1v) is 10.7. The molecule has 3 rings (SSSR count). The summed E-state index contributed by atoms with van der Waals surface area (Å²) >= 11 is 1.60. The molecule has 1 amide bonds. The Labute approximate surface area is 165 Å². The van der Waals surface area contributed by atoms with E-state index in [2.05, 4.69) is 19.2 Å². The summed E-state index contributed by atoms with van der Waals surface area (Å²) in [5, 5.41) is 3.81. The lowest BCUT2D eigenvalue weighted by molar-refractivity contribution is -0.888. The molecule has 1 aromatic heterocycles. The Kier molecular flexibility index (Phi) is 6.45. The number of aryl methyl sites for hydroxylation is 2. The predicted octanol–water partition coefficient (Wildman–Crippen LogP) is 3.03. The second kappa shape index (κ2) is 8.81. The van der Waals surface area contributed by atoms with Crippen LogP contribution in [-0.4, -0.2) is 31.3 Å². The predicted molar refractivity (Wildman–Crippen MR) is 111 cm³/mol. The Morgan fingerprint density at radius 3 is 2.41 bits per heavy atom. The van der Waals surface area contributed by atoms with Crippen LogP contribution in [0.3, 0.4) is 0 Å². The largest absolute Gasteiger partial charge is 0.328 e. The Balaban J connectivity index is 1.92. The van der Waals surface area contributed by atoms with Crippen molar-refractivity contribution < 1.29 is 14.5 Å². The molecule has 1 heterocycles. The van der Waals surface area contributed by atoms with Gasteiger partial charge < -0.3 is 10.2 Å². The highest BCUT2D eigenvalue weighted by Crippen LogP contribution is 2.39. The van der Waals surface area contributed by atoms with Crippen LogP contribution in [0.4, 0.5) is 5.00 Å². The van der Waals surface area contributed by atoms with Crippen molar-refractivity contribution in [1.29, 1.82) is 0 Å². The first-order chi connectivity index (χ1) is 13.0. The van der Waals surface area contributed by atoms with Crippen LogP contribution in [0.25, 0.3) is 0 Å². The maximum Gasteiger partial charge on any atom is 0.280 e. The molecular formula is C22H29N2O2S+. The average Bonchev–Trinajstić information content (AvgIpc) is 3.03. The van der Waals surface area contributed by atoms with Crippen molar-refractivity contribution in [3.63, 3.8) is 0 Å². The number of ketones is 1. The van der Waals surface area contributed by atoms with Gasteiger partial charge in [0.25, 0.3) is 5.91 Å². The van der Waals surface area contributed by atoms with E-state index in [4.69, 9.17) is 0 Å². The molecule has 0 spiro atoms. The fraction of sp³-hybridized carbons (Fsp3) is 0.455. The number of benzene rings is 1. The number of quaternary nitrogens is 1. The maximum atomic E-state index is 13.3. The van der Waals surface area contributed by atoms with Crippen molar-refractivity contribution in [1.82, 2.24) is 0 Å². The number of hydrogen-bond acceptors (Lipinski definition) is 3. The fourth-order valence-electron chi connectivity index (χ4n) is 3.64.